The molecule has 0 saturated carbocycles. The van der Waals surface area contributed by atoms with Gasteiger partial charge >= 0.3 is 0 Å². The quantitative estimate of drug-likeness (QED) is 0.745. The van der Waals surface area contributed by atoms with Gasteiger partial charge in [-0.15, -0.1) is 0 Å². The van der Waals surface area contributed by atoms with Crippen LogP contribution in [0.5, 0.6) is 0 Å². The number of benzene rings is 1. The molecular formula is C20H29NOSi2. The molecule has 1 saturated heterocycles. The smallest absolute Gasteiger partial charge is 0.177 e. The van der Waals surface area contributed by atoms with Crippen molar-refractivity contribution in [1.82, 2.24) is 4.90 Å². The highest BCUT2D eigenvalue weighted by Gasteiger charge is 2.45. The van der Waals surface area contributed by atoms with Gasteiger partial charge in [-0.3, -0.25) is 9.69 Å². The van der Waals surface area contributed by atoms with Crippen LogP contribution in [0, 0.1) is 0 Å². The van der Waals surface area contributed by atoms with Crippen molar-refractivity contribution in [3.05, 3.63) is 57.4 Å². The Morgan fingerprint density at radius 2 is 1.29 bits per heavy atom. The monoisotopic (exact) mass is 355 g/mol. The van der Waals surface area contributed by atoms with Crippen LogP contribution < -0.4 is 0 Å². The summed E-state index contributed by atoms with van der Waals surface area (Å²) < 4.78 is 0. The van der Waals surface area contributed by atoms with Gasteiger partial charge in [0.25, 0.3) is 0 Å². The standard InChI is InChI=1S/C20H29NOSi2/c1-23(2,3)19-16-13-21(12-15-10-8-7-9-11-15)14-17(16)20(18(19)22)24(4,5)6/h7-11H,12-14H2,1-6H3. The first kappa shape index (κ1) is 17.6. The van der Waals surface area contributed by atoms with Gasteiger partial charge in [-0.05, 0) is 27.1 Å². The SMILES string of the molecule is C[Si](C)(C)C1=C2CN(Cc3ccccc3)CC2=C([Si](C)(C)C)C1=O. The van der Waals surface area contributed by atoms with E-state index in [0.29, 0.717) is 5.78 Å². The van der Waals surface area contributed by atoms with E-state index in [0.717, 1.165) is 19.6 Å². The number of allylic oxidation sites excluding steroid dienone is 2. The average molecular weight is 356 g/mol. The van der Waals surface area contributed by atoms with Crippen LogP contribution in [0.25, 0.3) is 0 Å². The number of carbonyl (C=O) groups excluding carboxylic acids is 1. The molecule has 1 aromatic carbocycles. The fraction of sp³-hybridized carbons (Fsp3) is 0.450. The van der Waals surface area contributed by atoms with Gasteiger partial charge in [-0.2, -0.15) is 0 Å². The summed E-state index contributed by atoms with van der Waals surface area (Å²) in [6.45, 7) is 16.8. The highest BCUT2D eigenvalue weighted by Crippen LogP contribution is 2.42. The molecule has 0 amide bonds. The zero-order chi connectivity index (χ0) is 17.7. The second-order valence-electron chi connectivity index (χ2n) is 9.17. The zero-order valence-electron chi connectivity index (χ0n) is 15.9. The van der Waals surface area contributed by atoms with Gasteiger partial charge in [-0.25, -0.2) is 0 Å². The van der Waals surface area contributed by atoms with Crippen molar-refractivity contribution in [3.8, 4) is 0 Å². The largest absolute Gasteiger partial charge is 0.291 e. The van der Waals surface area contributed by atoms with Crippen molar-refractivity contribution in [1.29, 1.82) is 0 Å². The lowest BCUT2D eigenvalue weighted by Crippen LogP contribution is -2.36. The van der Waals surface area contributed by atoms with Gasteiger partial charge in [0.05, 0.1) is 16.1 Å². The summed E-state index contributed by atoms with van der Waals surface area (Å²) >= 11 is 0. The van der Waals surface area contributed by atoms with E-state index in [-0.39, 0.29) is 0 Å². The Balaban J connectivity index is 1.98. The first-order valence-corrected chi connectivity index (χ1v) is 15.9. The molecule has 0 spiro atoms. The van der Waals surface area contributed by atoms with Gasteiger partial charge in [0.1, 0.15) is 0 Å². The molecule has 0 aromatic heterocycles. The van der Waals surface area contributed by atoms with Gasteiger partial charge in [-0.1, -0.05) is 69.6 Å². The molecule has 4 heteroatoms. The van der Waals surface area contributed by atoms with Crippen LogP contribution in [0.4, 0.5) is 0 Å². The van der Waals surface area contributed by atoms with Crippen molar-refractivity contribution < 1.29 is 4.79 Å². The van der Waals surface area contributed by atoms with E-state index in [4.69, 9.17) is 0 Å². The molecule has 128 valence electrons. The van der Waals surface area contributed by atoms with Crippen LogP contribution in [-0.2, 0) is 11.3 Å². The normalized spacial score (nSPS) is 19.5. The minimum Gasteiger partial charge on any atom is -0.291 e. The first-order valence-electron chi connectivity index (χ1n) is 8.87. The maximum Gasteiger partial charge on any atom is 0.177 e. The van der Waals surface area contributed by atoms with Crippen LogP contribution in [-0.4, -0.2) is 39.9 Å². The number of nitrogens with zero attached hydrogens (tertiary/aromatic N) is 1. The van der Waals surface area contributed by atoms with E-state index in [2.05, 4.69) is 74.5 Å². The Morgan fingerprint density at radius 3 is 1.71 bits per heavy atom. The van der Waals surface area contributed by atoms with E-state index in [1.54, 1.807) is 0 Å². The number of hydrogen-bond acceptors (Lipinski definition) is 2. The van der Waals surface area contributed by atoms with E-state index in [1.165, 1.54) is 27.1 Å². The van der Waals surface area contributed by atoms with Crippen molar-refractivity contribution in [2.24, 2.45) is 0 Å². The molecule has 0 atom stereocenters. The average Bonchev–Trinajstić information content (AvgIpc) is 2.91. The summed E-state index contributed by atoms with van der Waals surface area (Å²) in [6.07, 6.45) is 0. The van der Waals surface area contributed by atoms with Crippen LogP contribution in [0.1, 0.15) is 5.56 Å². The summed E-state index contributed by atoms with van der Waals surface area (Å²) in [7, 11) is -3.26. The molecule has 2 nitrogen and oxygen atoms in total. The highest BCUT2D eigenvalue weighted by atomic mass is 28.3. The Morgan fingerprint density at radius 1 is 0.833 bits per heavy atom. The van der Waals surface area contributed by atoms with Crippen molar-refractivity contribution in [2.45, 2.75) is 45.8 Å². The summed E-state index contributed by atoms with van der Waals surface area (Å²) in [6, 6.07) is 10.7. The zero-order valence-corrected chi connectivity index (χ0v) is 17.9. The summed E-state index contributed by atoms with van der Waals surface area (Å²) in [4.78, 5) is 15.7. The molecule has 2 aliphatic rings. The molecule has 1 heterocycles. The molecule has 3 rings (SSSR count). The third kappa shape index (κ3) is 3.15. The maximum atomic E-state index is 13.2. The van der Waals surface area contributed by atoms with Crippen LogP contribution in [0.3, 0.4) is 0 Å². The first-order chi connectivity index (χ1) is 11.1. The van der Waals surface area contributed by atoms with Crippen molar-refractivity contribution in [2.75, 3.05) is 13.1 Å². The predicted molar refractivity (Wildman–Crippen MR) is 107 cm³/mol. The summed E-state index contributed by atoms with van der Waals surface area (Å²) in [5.74, 6) is 0.415. The molecule has 0 unspecified atom stereocenters. The van der Waals surface area contributed by atoms with Crippen molar-refractivity contribution in [3.63, 3.8) is 0 Å². The molecule has 1 aliphatic carbocycles. The van der Waals surface area contributed by atoms with Gasteiger partial charge in [0, 0.05) is 19.6 Å². The van der Waals surface area contributed by atoms with E-state index in [9.17, 15) is 4.79 Å². The highest BCUT2D eigenvalue weighted by molar-refractivity contribution is 6.94. The predicted octanol–water partition coefficient (Wildman–Crippen LogP) is 4.43. The third-order valence-corrected chi connectivity index (χ3v) is 8.99. The van der Waals surface area contributed by atoms with Crippen LogP contribution in [0.2, 0.25) is 39.3 Å². The summed E-state index contributed by atoms with van der Waals surface area (Å²) in [5, 5.41) is 2.43. The number of ketones is 1. The topological polar surface area (TPSA) is 20.3 Å². The molecule has 1 aliphatic heterocycles. The Labute approximate surface area is 148 Å². The number of hydrogen-bond donors (Lipinski definition) is 0. The number of carbonyl (C=O) groups is 1. The number of rotatable bonds is 4. The Bertz CT molecular complexity index is 691. The lowest BCUT2D eigenvalue weighted by molar-refractivity contribution is -0.111. The minimum atomic E-state index is -1.63. The molecule has 0 radical (unpaired) electrons. The van der Waals surface area contributed by atoms with Gasteiger partial charge < -0.3 is 0 Å². The lowest BCUT2D eigenvalue weighted by Gasteiger charge is -2.24. The fourth-order valence-electron chi connectivity index (χ4n) is 4.09. The fourth-order valence-corrected chi connectivity index (χ4v) is 8.10. The molecule has 1 fully saturated rings. The van der Waals surface area contributed by atoms with Gasteiger partial charge in [0.2, 0.25) is 0 Å². The maximum absolute atomic E-state index is 13.2. The second-order valence-corrected chi connectivity index (χ2v) is 19.2. The molecule has 1 aromatic rings. The Hall–Kier alpha value is -1.24. The molecule has 0 N–H and O–H groups in total. The van der Waals surface area contributed by atoms with Crippen molar-refractivity contribution >= 4 is 21.9 Å². The lowest BCUT2D eigenvalue weighted by atomic mass is 10.2. The van der Waals surface area contributed by atoms with Crippen LogP contribution in [0.15, 0.2) is 51.9 Å². The number of likely N-dealkylation sites (tertiary alicyclic amines) is 1. The summed E-state index contributed by atoms with van der Waals surface area (Å²) in [5.41, 5.74) is 4.15. The van der Waals surface area contributed by atoms with Gasteiger partial charge in [0.15, 0.2) is 5.78 Å². The molecule has 24 heavy (non-hydrogen) atoms. The van der Waals surface area contributed by atoms with E-state index in [1.807, 2.05) is 0 Å². The second kappa shape index (κ2) is 5.93. The van der Waals surface area contributed by atoms with Crippen LogP contribution >= 0.6 is 0 Å². The molecular weight excluding hydrogens is 326 g/mol. The van der Waals surface area contributed by atoms with E-state index < -0.39 is 16.1 Å². The molecule has 0 bridgehead atoms. The van der Waals surface area contributed by atoms with E-state index >= 15 is 0 Å². The number of Topliss-reactive ketones (excluding diaryl/α,β-unsaturated/α-hetero) is 1. The Kier molecular flexibility index (Phi) is 4.35. The number of fused-ring (bicyclic) bond motifs is 1. The minimum absolute atomic E-state index is 0.415. The third-order valence-electron chi connectivity index (χ3n) is 4.93.